The molecule has 1 N–H and O–H groups in total. The lowest BCUT2D eigenvalue weighted by molar-refractivity contribution is -0.908. The van der Waals surface area contributed by atoms with E-state index in [2.05, 4.69) is 0 Å². The number of nitrogens with zero attached hydrogens (tertiary/aromatic N) is 1. The maximum absolute atomic E-state index is 13.9. The molecule has 0 spiro atoms. The van der Waals surface area contributed by atoms with Crippen molar-refractivity contribution in [1.29, 1.82) is 0 Å². The molecule has 40 heavy (non-hydrogen) atoms. The molecule has 2 fully saturated rings. The maximum Gasteiger partial charge on any atom is 0.295 e. The Morgan fingerprint density at radius 3 is 2.48 bits per heavy atom. The molecule has 8 nitrogen and oxygen atoms in total. The van der Waals surface area contributed by atoms with E-state index in [-0.39, 0.29) is 5.57 Å². The van der Waals surface area contributed by atoms with Gasteiger partial charge in [0.1, 0.15) is 30.3 Å². The van der Waals surface area contributed by atoms with Crippen LogP contribution in [0.25, 0.3) is 5.76 Å². The highest BCUT2D eigenvalue weighted by molar-refractivity contribution is 6.46. The van der Waals surface area contributed by atoms with Gasteiger partial charge in [0.05, 0.1) is 32.9 Å². The van der Waals surface area contributed by atoms with Gasteiger partial charge in [-0.2, -0.15) is 0 Å². The quantitative estimate of drug-likeness (QED) is 0.254. The molecule has 0 aliphatic carbocycles. The van der Waals surface area contributed by atoms with Crippen LogP contribution in [0, 0.1) is 6.92 Å². The summed E-state index contributed by atoms with van der Waals surface area (Å²) >= 11 is 0. The minimum Gasteiger partial charge on any atom is -0.872 e. The molecule has 2 saturated heterocycles. The van der Waals surface area contributed by atoms with Crippen molar-refractivity contribution in [3.63, 3.8) is 0 Å². The zero-order chi connectivity index (χ0) is 28.1. The summed E-state index contributed by atoms with van der Waals surface area (Å²) in [7, 11) is 1.56. The number of carbonyl (C=O) groups is 2. The number of rotatable bonds is 9. The van der Waals surface area contributed by atoms with Crippen molar-refractivity contribution < 1.29 is 33.8 Å². The first-order valence-corrected chi connectivity index (χ1v) is 13.6. The molecule has 208 valence electrons. The first-order chi connectivity index (χ1) is 19.5. The van der Waals surface area contributed by atoms with E-state index in [1.54, 1.807) is 36.3 Å². The van der Waals surface area contributed by atoms with E-state index in [9.17, 15) is 14.7 Å². The zero-order valence-electron chi connectivity index (χ0n) is 22.9. The highest BCUT2D eigenvalue weighted by Gasteiger charge is 2.44. The number of aryl methyl sites for hydroxylation is 1. The molecule has 0 bridgehead atoms. The monoisotopic (exact) mass is 542 g/mol. The second-order valence-electron chi connectivity index (χ2n) is 10.1. The SMILES string of the molecule is COc1ccc(C([O-])=C2C(=O)C(=O)N(CCC[NH+]3CCOCC3)C2c2cccc(Oc3ccccc3)c2)cc1C. The van der Waals surface area contributed by atoms with Crippen LogP contribution in [0.5, 0.6) is 17.2 Å². The highest BCUT2D eigenvalue weighted by Crippen LogP contribution is 2.40. The molecule has 2 heterocycles. The van der Waals surface area contributed by atoms with Crippen molar-refractivity contribution in [2.75, 3.05) is 46.5 Å². The topological polar surface area (TPSA) is 92.6 Å². The van der Waals surface area contributed by atoms with Crippen molar-refractivity contribution in [2.24, 2.45) is 0 Å². The molecule has 0 aromatic heterocycles. The third-order valence-corrected chi connectivity index (χ3v) is 7.47. The van der Waals surface area contributed by atoms with E-state index < -0.39 is 23.5 Å². The van der Waals surface area contributed by atoms with Crippen LogP contribution in [0.4, 0.5) is 0 Å². The number of para-hydroxylation sites is 1. The summed E-state index contributed by atoms with van der Waals surface area (Å²) in [4.78, 5) is 29.8. The molecule has 3 aromatic carbocycles. The number of quaternary nitrogens is 1. The van der Waals surface area contributed by atoms with Crippen LogP contribution in [0.1, 0.15) is 29.2 Å². The van der Waals surface area contributed by atoms with Crippen molar-refractivity contribution in [1.82, 2.24) is 4.90 Å². The first kappa shape index (κ1) is 27.4. The Hall–Kier alpha value is -4.14. The van der Waals surface area contributed by atoms with Crippen LogP contribution >= 0.6 is 0 Å². The molecule has 2 aliphatic heterocycles. The molecule has 0 radical (unpaired) electrons. The van der Waals surface area contributed by atoms with Crippen LogP contribution in [-0.2, 0) is 14.3 Å². The third kappa shape index (κ3) is 5.88. The molecule has 1 unspecified atom stereocenters. The fraction of sp³-hybridized carbons (Fsp3) is 0.312. The molecule has 2 aliphatic rings. The van der Waals surface area contributed by atoms with Gasteiger partial charge in [0.25, 0.3) is 5.91 Å². The van der Waals surface area contributed by atoms with Crippen LogP contribution in [0.2, 0.25) is 0 Å². The second-order valence-corrected chi connectivity index (χ2v) is 10.1. The van der Waals surface area contributed by atoms with Crippen molar-refractivity contribution in [2.45, 2.75) is 19.4 Å². The third-order valence-electron chi connectivity index (χ3n) is 7.47. The Morgan fingerprint density at radius 2 is 1.75 bits per heavy atom. The largest absolute Gasteiger partial charge is 0.872 e. The Bertz CT molecular complexity index is 1400. The molecular weight excluding hydrogens is 508 g/mol. The van der Waals surface area contributed by atoms with Crippen LogP contribution in [0.15, 0.2) is 78.4 Å². The average Bonchev–Trinajstić information content (AvgIpc) is 3.23. The van der Waals surface area contributed by atoms with Gasteiger partial charge < -0.3 is 29.1 Å². The lowest BCUT2D eigenvalue weighted by Crippen LogP contribution is -3.14. The van der Waals surface area contributed by atoms with Crippen molar-refractivity contribution >= 4 is 17.4 Å². The van der Waals surface area contributed by atoms with E-state index in [4.69, 9.17) is 14.2 Å². The average molecular weight is 543 g/mol. The van der Waals surface area contributed by atoms with Gasteiger partial charge in [-0.15, -0.1) is 0 Å². The molecule has 8 heteroatoms. The Kier molecular flexibility index (Phi) is 8.48. The Balaban J connectivity index is 1.51. The standard InChI is InChI=1S/C32H34N2O6/c1-22-20-24(12-13-27(22)38-2)30(35)28-29(23-8-6-11-26(21-23)40-25-9-4-3-5-10-25)34(32(37)31(28)36)15-7-14-33-16-18-39-19-17-33/h3-6,8-13,20-21,29,35H,7,14-19H2,1-2H3. The summed E-state index contributed by atoms with van der Waals surface area (Å²) in [5, 5.41) is 13.9. The van der Waals surface area contributed by atoms with Crippen molar-refractivity contribution in [3.8, 4) is 17.2 Å². The van der Waals surface area contributed by atoms with Gasteiger partial charge in [0.15, 0.2) is 0 Å². The number of hydrogen-bond donors (Lipinski definition) is 1. The molecule has 1 amide bonds. The normalized spacial score (nSPS) is 19.1. The van der Waals surface area contributed by atoms with E-state index in [1.165, 1.54) is 4.90 Å². The predicted octanol–water partition coefficient (Wildman–Crippen LogP) is 2.33. The Labute approximate surface area is 234 Å². The number of morpholine rings is 1. The number of ketones is 1. The van der Waals surface area contributed by atoms with Gasteiger partial charge in [0.2, 0.25) is 5.78 Å². The summed E-state index contributed by atoms with van der Waals surface area (Å²) in [6.07, 6.45) is 0.703. The molecule has 1 atom stereocenters. The number of carbonyl (C=O) groups excluding carboxylic acids is 2. The molecule has 5 rings (SSSR count). The second kappa shape index (κ2) is 12.4. The first-order valence-electron chi connectivity index (χ1n) is 13.6. The number of Topliss-reactive ketones (excluding diaryl/α,β-unsaturated/α-hetero) is 1. The minimum absolute atomic E-state index is 0.0369. The smallest absolute Gasteiger partial charge is 0.295 e. The summed E-state index contributed by atoms with van der Waals surface area (Å²) in [6, 6.07) is 20.9. The van der Waals surface area contributed by atoms with Crippen molar-refractivity contribution in [3.05, 3.63) is 95.1 Å². The van der Waals surface area contributed by atoms with Gasteiger partial charge >= 0.3 is 0 Å². The predicted molar refractivity (Wildman–Crippen MR) is 148 cm³/mol. The lowest BCUT2D eigenvalue weighted by Gasteiger charge is -2.29. The number of benzene rings is 3. The lowest BCUT2D eigenvalue weighted by atomic mass is 9.94. The van der Waals surface area contributed by atoms with E-state index >= 15 is 0 Å². The molecule has 0 saturated carbocycles. The number of nitrogens with one attached hydrogen (secondary N) is 1. The van der Waals surface area contributed by atoms with Gasteiger partial charge in [-0.25, -0.2) is 0 Å². The number of ether oxygens (including phenoxy) is 3. The van der Waals surface area contributed by atoms with E-state index in [0.717, 1.165) is 38.4 Å². The van der Waals surface area contributed by atoms with Gasteiger partial charge in [-0.3, -0.25) is 9.59 Å². The van der Waals surface area contributed by atoms with Crippen LogP contribution in [-0.4, -0.2) is 63.1 Å². The molecule has 3 aromatic rings. The maximum atomic E-state index is 13.9. The Morgan fingerprint density at radius 1 is 1.00 bits per heavy atom. The number of likely N-dealkylation sites (tertiary alicyclic amines) is 1. The van der Waals surface area contributed by atoms with Gasteiger partial charge in [-0.05, 0) is 60.0 Å². The highest BCUT2D eigenvalue weighted by atomic mass is 16.5. The van der Waals surface area contributed by atoms with E-state index in [0.29, 0.717) is 41.3 Å². The van der Waals surface area contributed by atoms with Crippen LogP contribution in [0.3, 0.4) is 0 Å². The van der Waals surface area contributed by atoms with E-state index in [1.807, 2.05) is 55.5 Å². The van der Waals surface area contributed by atoms with Gasteiger partial charge in [-0.1, -0.05) is 42.2 Å². The van der Waals surface area contributed by atoms with Gasteiger partial charge in [0, 0.05) is 18.5 Å². The molecular formula is C32H34N2O6. The zero-order valence-corrected chi connectivity index (χ0v) is 22.9. The number of hydrogen-bond acceptors (Lipinski definition) is 6. The minimum atomic E-state index is -0.811. The van der Waals surface area contributed by atoms with Crippen LogP contribution < -0.4 is 19.5 Å². The summed E-state index contributed by atoms with van der Waals surface area (Å²) < 4.78 is 16.8. The number of amides is 1. The summed E-state index contributed by atoms with van der Waals surface area (Å²) in [5.41, 5.74) is 1.73. The summed E-state index contributed by atoms with van der Waals surface area (Å²) in [6.45, 7) is 6.34. The fourth-order valence-electron chi connectivity index (χ4n) is 5.40. The fourth-order valence-corrected chi connectivity index (χ4v) is 5.40. The summed E-state index contributed by atoms with van der Waals surface area (Å²) in [5.74, 6) is 0.00841. The number of methoxy groups -OCH3 is 1.